The fraction of sp³-hybridized carbons (Fsp3) is 0.571. The lowest BCUT2D eigenvalue weighted by Gasteiger charge is -2.22. The van der Waals surface area contributed by atoms with E-state index in [1.807, 2.05) is 19.1 Å². The predicted molar refractivity (Wildman–Crippen MR) is 74.2 cm³/mol. The molecule has 1 aliphatic rings. The van der Waals surface area contributed by atoms with Gasteiger partial charge < -0.3 is 5.11 Å². The van der Waals surface area contributed by atoms with E-state index in [1.165, 1.54) is 6.42 Å². The van der Waals surface area contributed by atoms with Crippen LogP contribution in [0.25, 0.3) is 0 Å². The van der Waals surface area contributed by atoms with Crippen molar-refractivity contribution >= 4 is 15.9 Å². The lowest BCUT2D eigenvalue weighted by molar-refractivity contribution is 0.253. The van der Waals surface area contributed by atoms with Crippen LogP contribution in [0.2, 0.25) is 0 Å². The molecule has 0 aliphatic carbocycles. The average molecular weight is 298 g/mol. The summed E-state index contributed by atoms with van der Waals surface area (Å²) in [4.78, 5) is 2.45. The van der Waals surface area contributed by atoms with Gasteiger partial charge in [-0.3, -0.25) is 4.90 Å². The third kappa shape index (κ3) is 2.83. The number of hydrogen-bond donors (Lipinski definition) is 1. The second kappa shape index (κ2) is 4.99. The second-order valence-corrected chi connectivity index (χ2v) is 6.27. The van der Waals surface area contributed by atoms with Crippen LogP contribution < -0.4 is 0 Å². The van der Waals surface area contributed by atoms with Crippen LogP contribution in [0.3, 0.4) is 0 Å². The SMILES string of the molecule is Cc1cc(Br)cc(CN2CC(C)CC2C)c1O. The lowest BCUT2D eigenvalue weighted by Crippen LogP contribution is -2.26. The highest BCUT2D eigenvalue weighted by atomic mass is 79.9. The molecule has 2 rings (SSSR count). The van der Waals surface area contributed by atoms with E-state index in [0.717, 1.165) is 34.6 Å². The van der Waals surface area contributed by atoms with Crippen molar-refractivity contribution in [3.05, 3.63) is 27.7 Å². The largest absolute Gasteiger partial charge is 0.507 e. The monoisotopic (exact) mass is 297 g/mol. The molecule has 2 unspecified atom stereocenters. The van der Waals surface area contributed by atoms with Gasteiger partial charge in [0.15, 0.2) is 0 Å². The first-order valence-corrected chi connectivity index (χ1v) is 6.98. The summed E-state index contributed by atoms with van der Waals surface area (Å²) in [6.45, 7) is 8.48. The van der Waals surface area contributed by atoms with Crippen LogP contribution in [-0.4, -0.2) is 22.6 Å². The summed E-state index contributed by atoms with van der Waals surface area (Å²) in [5.74, 6) is 1.21. The van der Waals surface area contributed by atoms with E-state index in [9.17, 15) is 5.11 Å². The van der Waals surface area contributed by atoms with E-state index >= 15 is 0 Å². The van der Waals surface area contributed by atoms with Gasteiger partial charge in [0.25, 0.3) is 0 Å². The van der Waals surface area contributed by atoms with Crippen molar-refractivity contribution in [3.8, 4) is 5.75 Å². The summed E-state index contributed by atoms with van der Waals surface area (Å²) in [5.41, 5.74) is 1.96. The highest BCUT2D eigenvalue weighted by molar-refractivity contribution is 9.10. The van der Waals surface area contributed by atoms with Crippen molar-refractivity contribution in [2.45, 2.75) is 39.8 Å². The summed E-state index contributed by atoms with van der Waals surface area (Å²) >= 11 is 3.49. The van der Waals surface area contributed by atoms with E-state index in [1.54, 1.807) is 0 Å². The number of phenolic OH excluding ortho intramolecular Hbond substituents is 1. The summed E-state index contributed by atoms with van der Waals surface area (Å²) in [5, 5.41) is 10.1. The third-order valence-corrected chi connectivity index (χ3v) is 4.09. The molecule has 1 fully saturated rings. The highest BCUT2D eigenvalue weighted by Gasteiger charge is 2.26. The molecule has 0 amide bonds. The van der Waals surface area contributed by atoms with E-state index < -0.39 is 0 Å². The molecule has 0 spiro atoms. The number of halogens is 1. The molecule has 0 bridgehead atoms. The number of nitrogens with zero attached hydrogens (tertiary/aromatic N) is 1. The second-order valence-electron chi connectivity index (χ2n) is 5.35. The van der Waals surface area contributed by atoms with Gasteiger partial charge >= 0.3 is 0 Å². The minimum atomic E-state index is 0.444. The predicted octanol–water partition coefficient (Wildman–Crippen LogP) is 3.69. The quantitative estimate of drug-likeness (QED) is 0.900. The molecule has 0 aromatic heterocycles. The van der Waals surface area contributed by atoms with Crippen molar-refractivity contribution in [1.29, 1.82) is 0 Å². The van der Waals surface area contributed by atoms with Gasteiger partial charge in [-0.25, -0.2) is 0 Å². The number of likely N-dealkylation sites (tertiary alicyclic amines) is 1. The fourth-order valence-electron chi connectivity index (χ4n) is 2.75. The Bertz CT molecular complexity index is 419. The van der Waals surface area contributed by atoms with Gasteiger partial charge in [0.05, 0.1) is 0 Å². The highest BCUT2D eigenvalue weighted by Crippen LogP contribution is 2.31. The van der Waals surface area contributed by atoms with E-state index in [0.29, 0.717) is 11.8 Å². The fourth-order valence-corrected chi connectivity index (χ4v) is 3.37. The van der Waals surface area contributed by atoms with E-state index in [-0.39, 0.29) is 0 Å². The molecular weight excluding hydrogens is 278 g/mol. The molecule has 2 nitrogen and oxygen atoms in total. The smallest absolute Gasteiger partial charge is 0.123 e. The normalized spacial score (nSPS) is 25.4. The van der Waals surface area contributed by atoms with Gasteiger partial charge in [-0.05, 0) is 43.9 Å². The molecule has 0 saturated carbocycles. The van der Waals surface area contributed by atoms with E-state index in [4.69, 9.17) is 0 Å². The Labute approximate surface area is 112 Å². The van der Waals surface area contributed by atoms with Crippen molar-refractivity contribution < 1.29 is 5.11 Å². The Balaban J connectivity index is 2.19. The summed E-state index contributed by atoms with van der Waals surface area (Å²) in [6.07, 6.45) is 1.26. The number of hydrogen-bond acceptors (Lipinski definition) is 2. The summed E-state index contributed by atoms with van der Waals surface area (Å²) < 4.78 is 1.04. The molecular formula is C14H20BrNO. The lowest BCUT2D eigenvalue weighted by atomic mass is 10.1. The number of aromatic hydroxyl groups is 1. The Morgan fingerprint density at radius 1 is 1.41 bits per heavy atom. The summed E-state index contributed by atoms with van der Waals surface area (Å²) in [6, 6.07) is 4.59. The van der Waals surface area contributed by atoms with Crippen LogP contribution in [0.1, 0.15) is 31.4 Å². The van der Waals surface area contributed by atoms with E-state index in [2.05, 4.69) is 34.7 Å². The standard InChI is InChI=1S/C14H20BrNO/c1-9-4-11(3)16(7-9)8-12-6-13(15)5-10(2)14(12)17/h5-6,9,11,17H,4,7-8H2,1-3H3. The van der Waals surface area contributed by atoms with Gasteiger partial charge in [0.2, 0.25) is 0 Å². The molecule has 1 saturated heterocycles. The first kappa shape index (κ1) is 12.9. The topological polar surface area (TPSA) is 23.5 Å². The van der Waals surface area contributed by atoms with Crippen LogP contribution in [0.5, 0.6) is 5.75 Å². The molecule has 1 aromatic carbocycles. The molecule has 0 radical (unpaired) electrons. The zero-order chi connectivity index (χ0) is 12.6. The molecule has 17 heavy (non-hydrogen) atoms. The Morgan fingerprint density at radius 2 is 2.12 bits per heavy atom. The molecule has 1 N–H and O–H groups in total. The Kier molecular flexibility index (Phi) is 3.79. The third-order valence-electron chi connectivity index (χ3n) is 3.63. The number of aryl methyl sites for hydroxylation is 1. The van der Waals surface area contributed by atoms with Crippen LogP contribution in [0, 0.1) is 12.8 Å². The number of rotatable bonds is 2. The number of benzene rings is 1. The van der Waals surface area contributed by atoms with Crippen molar-refractivity contribution in [3.63, 3.8) is 0 Å². The average Bonchev–Trinajstić information content (AvgIpc) is 2.53. The van der Waals surface area contributed by atoms with Crippen LogP contribution in [0.4, 0.5) is 0 Å². The van der Waals surface area contributed by atoms with Crippen molar-refractivity contribution in [2.24, 2.45) is 5.92 Å². The number of phenols is 1. The van der Waals surface area contributed by atoms with Gasteiger partial charge in [0, 0.05) is 29.2 Å². The zero-order valence-electron chi connectivity index (χ0n) is 10.7. The maximum absolute atomic E-state index is 10.1. The summed E-state index contributed by atoms with van der Waals surface area (Å²) in [7, 11) is 0. The maximum atomic E-state index is 10.1. The van der Waals surface area contributed by atoms with Crippen molar-refractivity contribution in [2.75, 3.05) is 6.54 Å². The molecule has 1 aliphatic heterocycles. The Morgan fingerprint density at radius 3 is 2.71 bits per heavy atom. The van der Waals surface area contributed by atoms with Crippen LogP contribution in [0.15, 0.2) is 16.6 Å². The molecule has 1 heterocycles. The zero-order valence-corrected chi connectivity index (χ0v) is 12.3. The Hall–Kier alpha value is -0.540. The molecule has 2 atom stereocenters. The maximum Gasteiger partial charge on any atom is 0.123 e. The first-order chi connectivity index (χ1) is 7.97. The van der Waals surface area contributed by atoms with Crippen LogP contribution in [-0.2, 0) is 6.54 Å². The van der Waals surface area contributed by atoms with Gasteiger partial charge in [-0.15, -0.1) is 0 Å². The molecule has 3 heteroatoms. The minimum Gasteiger partial charge on any atom is -0.507 e. The first-order valence-electron chi connectivity index (χ1n) is 6.19. The minimum absolute atomic E-state index is 0.444. The van der Waals surface area contributed by atoms with Crippen molar-refractivity contribution in [1.82, 2.24) is 4.90 Å². The molecule has 94 valence electrons. The van der Waals surface area contributed by atoms with Crippen LogP contribution >= 0.6 is 15.9 Å². The van der Waals surface area contributed by atoms with Gasteiger partial charge in [-0.2, -0.15) is 0 Å². The van der Waals surface area contributed by atoms with Gasteiger partial charge in [-0.1, -0.05) is 22.9 Å². The van der Waals surface area contributed by atoms with Gasteiger partial charge in [0.1, 0.15) is 5.75 Å². The molecule has 1 aromatic rings.